The van der Waals surface area contributed by atoms with Crippen LogP contribution in [0.4, 0.5) is 4.39 Å². The molecule has 2 N–H and O–H groups in total. The summed E-state index contributed by atoms with van der Waals surface area (Å²) in [6.07, 6.45) is 1.41. The monoisotopic (exact) mass is 295 g/mol. The van der Waals surface area contributed by atoms with E-state index in [1.165, 1.54) is 17.0 Å². The second-order valence-corrected chi connectivity index (χ2v) is 6.38. The fourth-order valence-corrected chi connectivity index (χ4v) is 2.70. The quantitative estimate of drug-likeness (QED) is 0.832. The summed E-state index contributed by atoms with van der Waals surface area (Å²) in [6.45, 7) is 1.58. The van der Waals surface area contributed by atoms with Gasteiger partial charge in [-0.3, -0.25) is 4.79 Å². The van der Waals surface area contributed by atoms with Crippen molar-refractivity contribution >= 4 is 5.91 Å². The van der Waals surface area contributed by atoms with E-state index in [2.05, 4.69) is 0 Å². The minimum Gasteiger partial charge on any atom is -0.396 e. The lowest BCUT2D eigenvalue weighted by molar-refractivity contribution is -0.134. The van der Waals surface area contributed by atoms with Gasteiger partial charge in [-0.25, -0.2) is 4.39 Å². The van der Waals surface area contributed by atoms with Gasteiger partial charge in [0.1, 0.15) is 5.82 Å². The molecular weight excluding hydrogens is 273 g/mol. The fourth-order valence-electron chi connectivity index (χ4n) is 2.70. The van der Waals surface area contributed by atoms with E-state index in [0.29, 0.717) is 18.4 Å². The zero-order chi connectivity index (χ0) is 15.7. The highest BCUT2D eigenvalue weighted by Gasteiger charge is 2.53. The normalized spacial score (nSPS) is 16.6. The van der Waals surface area contributed by atoms with Crippen LogP contribution in [0.5, 0.6) is 0 Å². The van der Waals surface area contributed by atoms with Gasteiger partial charge < -0.3 is 15.1 Å². The Balaban J connectivity index is 2.16. The van der Waals surface area contributed by atoms with Crippen LogP contribution in [0.2, 0.25) is 0 Å². The first-order valence-corrected chi connectivity index (χ1v) is 7.10. The van der Waals surface area contributed by atoms with E-state index in [0.717, 1.165) is 0 Å². The predicted octanol–water partition coefficient (Wildman–Crippen LogP) is 1.31. The lowest BCUT2D eigenvalue weighted by Crippen LogP contribution is -2.45. The van der Waals surface area contributed by atoms with E-state index >= 15 is 0 Å². The van der Waals surface area contributed by atoms with Crippen LogP contribution in [0, 0.1) is 11.2 Å². The average molecular weight is 295 g/mol. The highest BCUT2D eigenvalue weighted by molar-refractivity contribution is 5.91. The molecule has 21 heavy (non-hydrogen) atoms. The Morgan fingerprint density at radius 1 is 1.38 bits per heavy atom. The van der Waals surface area contributed by atoms with Crippen LogP contribution >= 0.6 is 0 Å². The topological polar surface area (TPSA) is 60.8 Å². The van der Waals surface area contributed by atoms with Gasteiger partial charge in [0.15, 0.2) is 0 Å². The van der Waals surface area contributed by atoms with Crippen molar-refractivity contribution < 1.29 is 19.4 Å². The third kappa shape index (κ3) is 3.09. The SMILES string of the molecule is CN(CC(C)(CO)CO)C(=O)C1(c2cccc(F)c2)CC1. The molecule has 0 unspecified atom stereocenters. The van der Waals surface area contributed by atoms with Gasteiger partial charge >= 0.3 is 0 Å². The molecule has 5 heteroatoms. The molecule has 116 valence electrons. The largest absolute Gasteiger partial charge is 0.396 e. The van der Waals surface area contributed by atoms with E-state index in [1.807, 2.05) is 0 Å². The molecule has 1 aromatic rings. The van der Waals surface area contributed by atoms with Crippen molar-refractivity contribution in [3.05, 3.63) is 35.6 Å². The molecule has 0 saturated heterocycles. The molecule has 1 aliphatic carbocycles. The second-order valence-electron chi connectivity index (χ2n) is 6.38. The smallest absolute Gasteiger partial charge is 0.232 e. The number of aliphatic hydroxyl groups excluding tert-OH is 2. The summed E-state index contributed by atoms with van der Waals surface area (Å²) in [5.74, 6) is -0.425. The number of halogens is 1. The van der Waals surface area contributed by atoms with Gasteiger partial charge in [0.05, 0.1) is 18.6 Å². The van der Waals surface area contributed by atoms with Crippen LogP contribution in [0.25, 0.3) is 0 Å². The lowest BCUT2D eigenvalue weighted by atomic mass is 9.90. The Morgan fingerprint density at radius 3 is 2.48 bits per heavy atom. The first-order valence-electron chi connectivity index (χ1n) is 7.10. The first kappa shape index (κ1) is 15.9. The Bertz CT molecular complexity index is 524. The van der Waals surface area contributed by atoms with Crippen LogP contribution in [0.15, 0.2) is 24.3 Å². The Hall–Kier alpha value is -1.46. The van der Waals surface area contributed by atoms with Gasteiger partial charge in [0, 0.05) is 19.0 Å². The molecule has 0 aliphatic heterocycles. The number of carbonyl (C=O) groups is 1. The molecule has 0 atom stereocenters. The van der Waals surface area contributed by atoms with Crippen LogP contribution in [0.1, 0.15) is 25.3 Å². The summed E-state index contributed by atoms with van der Waals surface area (Å²) in [5, 5.41) is 18.7. The summed E-state index contributed by atoms with van der Waals surface area (Å²) >= 11 is 0. The van der Waals surface area contributed by atoms with Crippen molar-refractivity contribution in [1.82, 2.24) is 4.90 Å². The number of benzene rings is 1. The molecule has 0 bridgehead atoms. The van der Waals surface area contributed by atoms with E-state index in [9.17, 15) is 19.4 Å². The molecular formula is C16H22FNO3. The fraction of sp³-hybridized carbons (Fsp3) is 0.562. The molecule has 0 radical (unpaired) electrons. The number of hydrogen-bond acceptors (Lipinski definition) is 3. The van der Waals surface area contributed by atoms with E-state index < -0.39 is 10.8 Å². The molecule has 1 amide bonds. The van der Waals surface area contributed by atoms with Crippen molar-refractivity contribution in [1.29, 1.82) is 0 Å². The second kappa shape index (κ2) is 5.73. The van der Waals surface area contributed by atoms with Gasteiger partial charge in [-0.2, -0.15) is 0 Å². The molecule has 4 nitrogen and oxygen atoms in total. The van der Waals surface area contributed by atoms with Crippen LogP contribution in [0.3, 0.4) is 0 Å². The molecule has 1 aromatic carbocycles. The average Bonchev–Trinajstić information content (AvgIpc) is 3.28. The molecule has 0 spiro atoms. The van der Waals surface area contributed by atoms with Crippen LogP contribution in [-0.4, -0.2) is 47.8 Å². The standard InChI is InChI=1S/C16H22FNO3/c1-15(10-19,11-20)9-18(2)14(21)16(6-7-16)12-4-3-5-13(17)8-12/h3-5,8,19-20H,6-7,9-11H2,1-2H3. The summed E-state index contributed by atoms with van der Waals surface area (Å²) in [5.41, 5.74) is -0.667. The van der Waals surface area contributed by atoms with Crippen LogP contribution in [-0.2, 0) is 10.2 Å². The number of likely N-dealkylation sites (N-methyl/N-ethyl adjacent to an activating group) is 1. The number of nitrogens with zero attached hydrogens (tertiary/aromatic N) is 1. The highest BCUT2D eigenvalue weighted by Crippen LogP contribution is 2.49. The molecule has 0 heterocycles. The maximum absolute atomic E-state index is 13.4. The van der Waals surface area contributed by atoms with Gasteiger partial charge in [-0.1, -0.05) is 19.1 Å². The van der Waals surface area contributed by atoms with Gasteiger partial charge in [0.25, 0.3) is 0 Å². The number of amides is 1. The number of hydrogen-bond donors (Lipinski definition) is 2. The number of carbonyl (C=O) groups excluding carboxylic acids is 1. The third-order valence-electron chi connectivity index (χ3n) is 4.27. The van der Waals surface area contributed by atoms with E-state index in [4.69, 9.17) is 0 Å². The first-order chi connectivity index (χ1) is 9.87. The number of rotatable bonds is 6. The zero-order valence-corrected chi connectivity index (χ0v) is 12.5. The third-order valence-corrected chi connectivity index (χ3v) is 4.27. The van der Waals surface area contributed by atoms with Crippen molar-refractivity contribution in [3.63, 3.8) is 0 Å². The molecule has 1 fully saturated rings. The van der Waals surface area contributed by atoms with Crippen molar-refractivity contribution in [2.45, 2.75) is 25.2 Å². The van der Waals surface area contributed by atoms with Gasteiger partial charge in [0.2, 0.25) is 5.91 Å². The zero-order valence-electron chi connectivity index (χ0n) is 12.5. The van der Waals surface area contributed by atoms with Gasteiger partial charge in [-0.05, 0) is 30.5 Å². The van der Waals surface area contributed by atoms with Crippen molar-refractivity contribution in [2.75, 3.05) is 26.8 Å². The summed E-state index contributed by atoms with van der Waals surface area (Å²) in [6, 6.07) is 6.17. The van der Waals surface area contributed by atoms with E-state index in [1.54, 1.807) is 26.1 Å². The Morgan fingerprint density at radius 2 is 2.00 bits per heavy atom. The summed E-state index contributed by atoms with van der Waals surface area (Å²) in [7, 11) is 1.66. The molecule has 1 saturated carbocycles. The summed E-state index contributed by atoms with van der Waals surface area (Å²) < 4.78 is 13.4. The lowest BCUT2D eigenvalue weighted by Gasteiger charge is -2.32. The Kier molecular flexibility index (Phi) is 4.35. The Labute approximate surface area is 124 Å². The highest BCUT2D eigenvalue weighted by atomic mass is 19.1. The van der Waals surface area contributed by atoms with E-state index in [-0.39, 0.29) is 31.5 Å². The minimum atomic E-state index is -0.734. The minimum absolute atomic E-state index is 0.0822. The maximum atomic E-state index is 13.4. The predicted molar refractivity (Wildman–Crippen MR) is 77.2 cm³/mol. The molecule has 0 aromatic heterocycles. The van der Waals surface area contributed by atoms with Crippen molar-refractivity contribution in [2.24, 2.45) is 5.41 Å². The summed E-state index contributed by atoms with van der Waals surface area (Å²) in [4.78, 5) is 14.2. The van der Waals surface area contributed by atoms with Crippen LogP contribution < -0.4 is 0 Å². The van der Waals surface area contributed by atoms with Crippen molar-refractivity contribution in [3.8, 4) is 0 Å². The molecule has 1 aliphatic rings. The van der Waals surface area contributed by atoms with Gasteiger partial charge in [-0.15, -0.1) is 0 Å². The maximum Gasteiger partial charge on any atom is 0.232 e. The number of aliphatic hydroxyl groups is 2. The molecule has 2 rings (SSSR count).